The molecule has 0 aromatic rings. The van der Waals surface area contributed by atoms with E-state index in [9.17, 15) is 14.7 Å². The molecule has 0 aromatic heterocycles. The summed E-state index contributed by atoms with van der Waals surface area (Å²) in [5.74, 6) is -0.523. The van der Waals surface area contributed by atoms with E-state index < -0.39 is 18.1 Å². The first-order valence-corrected chi connectivity index (χ1v) is 8.92. The molecule has 2 aliphatic carbocycles. The number of nitrogens with one attached hydrogen (secondary N) is 1. The van der Waals surface area contributed by atoms with Gasteiger partial charge in [-0.05, 0) is 63.2 Å². The second-order valence-corrected chi connectivity index (χ2v) is 6.86. The quantitative estimate of drug-likeness (QED) is 0.525. The Balaban J connectivity index is 1.82. The van der Waals surface area contributed by atoms with E-state index in [1.165, 1.54) is 0 Å². The molecule has 0 radical (unpaired) electrons. The summed E-state index contributed by atoms with van der Waals surface area (Å²) in [5, 5.41) is 12.0. The van der Waals surface area contributed by atoms with Gasteiger partial charge in [0.05, 0.1) is 0 Å². The molecule has 2 rings (SSSR count). The Kier molecular flexibility index (Phi) is 6.93. The first-order chi connectivity index (χ1) is 11.1. The Bertz CT molecular complexity index is 417. The highest BCUT2D eigenvalue weighted by Gasteiger charge is 2.34. The number of rotatable bonds is 8. The van der Waals surface area contributed by atoms with Crippen molar-refractivity contribution in [3.63, 3.8) is 0 Å². The van der Waals surface area contributed by atoms with E-state index >= 15 is 0 Å². The van der Waals surface area contributed by atoms with Crippen molar-refractivity contribution in [2.45, 2.75) is 76.4 Å². The summed E-state index contributed by atoms with van der Waals surface area (Å²) in [4.78, 5) is 23.6. The monoisotopic (exact) mass is 323 g/mol. The van der Waals surface area contributed by atoms with Gasteiger partial charge in [0, 0.05) is 0 Å². The fourth-order valence-corrected chi connectivity index (χ4v) is 3.98. The van der Waals surface area contributed by atoms with Crippen molar-refractivity contribution in [3.05, 3.63) is 12.7 Å². The molecule has 5 nitrogen and oxygen atoms in total. The zero-order valence-electron chi connectivity index (χ0n) is 13.8. The summed E-state index contributed by atoms with van der Waals surface area (Å²) in [5.41, 5.74) is 0. The van der Waals surface area contributed by atoms with Crippen LogP contribution in [0.1, 0.15) is 64.2 Å². The van der Waals surface area contributed by atoms with Crippen molar-refractivity contribution in [2.75, 3.05) is 0 Å². The van der Waals surface area contributed by atoms with Crippen molar-refractivity contribution in [3.8, 4) is 0 Å². The fourth-order valence-electron chi connectivity index (χ4n) is 3.98. The SMILES string of the molecule is C=CCCCC1CCC[C@H]1OC(=O)N[C@H](C(=O)O)C1CCCC1. The molecular formula is C18H29NO4. The summed E-state index contributed by atoms with van der Waals surface area (Å²) >= 11 is 0. The first kappa shape index (κ1) is 17.8. The van der Waals surface area contributed by atoms with Crippen LogP contribution in [-0.4, -0.2) is 29.3 Å². The number of hydrogen-bond donors (Lipinski definition) is 2. The number of alkyl carbamates (subject to hydrolysis) is 1. The highest BCUT2D eigenvalue weighted by molar-refractivity contribution is 5.80. The normalized spacial score (nSPS) is 25.9. The molecule has 0 bridgehead atoms. The molecule has 0 aliphatic heterocycles. The lowest BCUT2D eigenvalue weighted by Gasteiger charge is -2.24. The van der Waals surface area contributed by atoms with Gasteiger partial charge in [-0.2, -0.15) is 0 Å². The van der Waals surface area contributed by atoms with E-state index in [-0.39, 0.29) is 12.0 Å². The zero-order chi connectivity index (χ0) is 16.7. The van der Waals surface area contributed by atoms with Crippen LogP contribution in [0.15, 0.2) is 12.7 Å². The van der Waals surface area contributed by atoms with Gasteiger partial charge in [0.1, 0.15) is 12.1 Å². The maximum atomic E-state index is 12.1. The van der Waals surface area contributed by atoms with Crippen LogP contribution in [0.3, 0.4) is 0 Å². The third-order valence-corrected chi connectivity index (χ3v) is 5.24. The van der Waals surface area contributed by atoms with E-state index in [0.29, 0.717) is 5.92 Å². The van der Waals surface area contributed by atoms with Gasteiger partial charge in [-0.15, -0.1) is 6.58 Å². The third kappa shape index (κ3) is 5.26. The van der Waals surface area contributed by atoms with E-state index in [0.717, 1.165) is 64.2 Å². The predicted molar refractivity (Wildman–Crippen MR) is 88.2 cm³/mol. The Morgan fingerprint density at radius 1 is 1.22 bits per heavy atom. The smallest absolute Gasteiger partial charge is 0.408 e. The number of carbonyl (C=O) groups excluding carboxylic acids is 1. The molecule has 0 spiro atoms. The molecule has 2 saturated carbocycles. The molecule has 0 saturated heterocycles. The average Bonchev–Trinajstić information content (AvgIpc) is 3.17. The number of aliphatic carboxylic acids is 1. The summed E-state index contributed by atoms with van der Waals surface area (Å²) in [6.45, 7) is 3.73. The van der Waals surface area contributed by atoms with Crippen LogP contribution >= 0.6 is 0 Å². The third-order valence-electron chi connectivity index (χ3n) is 5.24. The highest BCUT2D eigenvalue weighted by atomic mass is 16.6. The molecule has 3 atom stereocenters. The lowest BCUT2D eigenvalue weighted by Crippen LogP contribution is -2.46. The molecule has 1 unspecified atom stereocenters. The number of amides is 1. The minimum Gasteiger partial charge on any atom is -0.480 e. The van der Waals surface area contributed by atoms with Crippen LogP contribution in [0.5, 0.6) is 0 Å². The number of ether oxygens (including phenoxy) is 1. The second-order valence-electron chi connectivity index (χ2n) is 6.86. The maximum absolute atomic E-state index is 12.1. The van der Waals surface area contributed by atoms with Crippen molar-refractivity contribution in [2.24, 2.45) is 11.8 Å². The van der Waals surface area contributed by atoms with Gasteiger partial charge in [0.15, 0.2) is 0 Å². The number of allylic oxidation sites excluding steroid dienone is 1. The molecule has 0 heterocycles. The second kappa shape index (κ2) is 8.94. The molecule has 2 aliphatic rings. The summed E-state index contributed by atoms with van der Waals surface area (Å²) in [6, 6.07) is -0.814. The number of carbonyl (C=O) groups is 2. The molecular weight excluding hydrogens is 294 g/mol. The van der Waals surface area contributed by atoms with Crippen molar-refractivity contribution in [1.82, 2.24) is 5.32 Å². The largest absolute Gasteiger partial charge is 0.480 e. The lowest BCUT2D eigenvalue weighted by atomic mass is 9.98. The molecule has 130 valence electrons. The van der Waals surface area contributed by atoms with Crippen LogP contribution in [0.2, 0.25) is 0 Å². The van der Waals surface area contributed by atoms with Gasteiger partial charge in [0.25, 0.3) is 0 Å². The summed E-state index contributed by atoms with van der Waals surface area (Å²) < 4.78 is 5.56. The van der Waals surface area contributed by atoms with Gasteiger partial charge >= 0.3 is 12.1 Å². The van der Waals surface area contributed by atoms with Crippen LogP contribution in [0.25, 0.3) is 0 Å². The topological polar surface area (TPSA) is 75.6 Å². The van der Waals surface area contributed by atoms with Gasteiger partial charge < -0.3 is 15.2 Å². The molecule has 2 fully saturated rings. The Morgan fingerprint density at radius 2 is 1.96 bits per heavy atom. The van der Waals surface area contributed by atoms with Gasteiger partial charge in [-0.1, -0.05) is 18.9 Å². The Hall–Kier alpha value is -1.52. The number of hydrogen-bond acceptors (Lipinski definition) is 3. The molecule has 2 N–H and O–H groups in total. The molecule has 0 aromatic carbocycles. The number of carboxylic acids is 1. The lowest BCUT2D eigenvalue weighted by molar-refractivity contribution is -0.140. The zero-order valence-corrected chi connectivity index (χ0v) is 13.8. The van der Waals surface area contributed by atoms with Crippen molar-refractivity contribution in [1.29, 1.82) is 0 Å². The highest BCUT2D eigenvalue weighted by Crippen LogP contribution is 2.32. The van der Waals surface area contributed by atoms with E-state index in [1.807, 2.05) is 6.08 Å². The molecule has 5 heteroatoms. The first-order valence-electron chi connectivity index (χ1n) is 8.92. The van der Waals surface area contributed by atoms with Gasteiger partial charge in [-0.3, -0.25) is 0 Å². The standard InChI is InChI=1S/C18H29NO4/c1-2-3-4-8-13-11-7-12-15(13)23-18(22)19-16(17(20)21)14-9-5-6-10-14/h2,13-16H,1,3-12H2,(H,19,22)(H,20,21)/t13?,15-,16+/m1/s1. The Labute approximate surface area is 138 Å². The van der Waals surface area contributed by atoms with Crippen LogP contribution in [0.4, 0.5) is 4.79 Å². The molecule has 1 amide bonds. The van der Waals surface area contributed by atoms with Gasteiger partial charge in [0.2, 0.25) is 0 Å². The van der Waals surface area contributed by atoms with E-state index in [1.54, 1.807) is 0 Å². The fraction of sp³-hybridized carbons (Fsp3) is 0.778. The van der Waals surface area contributed by atoms with E-state index in [2.05, 4.69) is 11.9 Å². The number of carboxylic acid groups (broad SMARTS) is 1. The minimum absolute atomic E-state index is 0.0343. The molecule has 23 heavy (non-hydrogen) atoms. The van der Waals surface area contributed by atoms with Crippen LogP contribution < -0.4 is 5.32 Å². The van der Waals surface area contributed by atoms with E-state index in [4.69, 9.17) is 4.74 Å². The van der Waals surface area contributed by atoms with Gasteiger partial charge in [-0.25, -0.2) is 9.59 Å². The van der Waals surface area contributed by atoms with Crippen LogP contribution in [0, 0.1) is 11.8 Å². The van der Waals surface area contributed by atoms with Crippen LogP contribution in [-0.2, 0) is 9.53 Å². The summed E-state index contributed by atoms with van der Waals surface area (Å²) in [6.07, 6.45) is 11.2. The Morgan fingerprint density at radius 3 is 2.61 bits per heavy atom. The summed E-state index contributed by atoms with van der Waals surface area (Å²) in [7, 11) is 0. The maximum Gasteiger partial charge on any atom is 0.408 e. The van der Waals surface area contributed by atoms with Crippen molar-refractivity contribution >= 4 is 12.1 Å². The number of unbranched alkanes of at least 4 members (excludes halogenated alkanes) is 1. The predicted octanol–water partition coefficient (Wildman–Crippen LogP) is 3.88. The minimum atomic E-state index is -0.956. The average molecular weight is 323 g/mol. The van der Waals surface area contributed by atoms with Crippen molar-refractivity contribution < 1.29 is 19.4 Å².